The van der Waals surface area contributed by atoms with Gasteiger partial charge in [0, 0.05) is 51.1 Å². The summed E-state index contributed by atoms with van der Waals surface area (Å²) < 4.78 is 39.0. The number of hydrogen-bond donors (Lipinski definition) is 0. The van der Waals surface area contributed by atoms with Crippen molar-refractivity contribution in [2.75, 3.05) is 26.8 Å². The molecule has 184 valence electrons. The summed E-state index contributed by atoms with van der Waals surface area (Å²) in [6.07, 6.45) is 4.23. The van der Waals surface area contributed by atoms with Crippen molar-refractivity contribution < 1.29 is 22.7 Å². The second-order valence-corrected chi connectivity index (χ2v) is 10.3. The molecule has 0 radical (unpaired) electrons. The van der Waals surface area contributed by atoms with E-state index < -0.39 is 10.0 Å². The van der Waals surface area contributed by atoms with E-state index in [0.717, 1.165) is 16.7 Å². The predicted molar refractivity (Wildman–Crippen MR) is 132 cm³/mol. The normalized spacial score (nSPS) is 13.9. The Bertz CT molecular complexity index is 1260. The summed E-state index contributed by atoms with van der Waals surface area (Å²) in [4.78, 5) is 18.4. The van der Waals surface area contributed by atoms with Gasteiger partial charge in [0.15, 0.2) is 0 Å². The van der Waals surface area contributed by atoms with Crippen molar-refractivity contribution in [1.82, 2.24) is 14.2 Å². The largest absolute Gasteiger partial charge is 0.497 e. The number of nitrogens with zero attached hydrogens (tertiary/aromatic N) is 3. The molecule has 0 unspecified atom stereocenters. The van der Waals surface area contributed by atoms with Gasteiger partial charge in [-0.25, -0.2) is 8.42 Å². The molecular formula is C26H29N3O5S. The van der Waals surface area contributed by atoms with E-state index in [4.69, 9.17) is 9.47 Å². The number of rotatable bonds is 8. The third-order valence-electron chi connectivity index (χ3n) is 5.98. The van der Waals surface area contributed by atoms with Gasteiger partial charge in [-0.3, -0.25) is 9.78 Å². The van der Waals surface area contributed by atoms with Crippen LogP contribution in [0.2, 0.25) is 0 Å². The fourth-order valence-corrected chi connectivity index (χ4v) is 5.40. The first-order chi connectivity index (χ1) is 16.9. The van der Waals surface area contributed by atoms with Crippen LogP contribution >= 0.6 is 0 Å². The van der Waals surface area contributed by atoms with E-state index in [1.54, 1.807) is 48.5 Å². The van der Waals surface area contributed by atoms with E-state index in [1.165, 1.54) is 11.4 Å². The molecule has 1 aromatic heterocycles. The minimum atomic E-state index is -3.71. The van der Waals surface area contributed by atoms with E-state index in [0.29, 0.717) is 31.0 Å². The topological polar surface area (TPSA) is 89.0 Å². The minimum absolute atomic E-state index is 0.0243. The molecule has 0 fully saturated rings. The lowest BCUT2D eigenvalue weighted by Gasteiger charge is -2.22. The molecule has 1 amide bonds. The number of aromatic nitrogens is 1. The lowest BCUT2D eigenvalue weighted by atomic mass is 10.1. The second kappa shape index (κ2) is 10.9. The number of carbonyl (C=O) groups excluding carboxylic acids is 1. The van der Waals surface area contributed by atoms with Crippen LogP contribution in [-0.2, 0) is 34.3 Å². The Balaban J connectivity index is 1.51. The average molecular weight is 496 g/mol. The molecule has 0 bridgehead atoms. The number of carbonyl (C=O) groups is 1. The first kappa shape index (κ1) is 24.7. The van der Waals surface area contributed by atoms with Gasteiger partial charge >= 0.3 is 0 Å². The first-order valence-corrected chi connectivity index (χ1v) is 12.8. The maximum Gasteiger partial charge on any atom is 0.243 e. The smallest absolute Gasteiger partial charge is 0.243 e. The highest BCUT2D eigenvalue weighted by Gasteiger charge is 2.28. The standard InChI is InChI=1S/C26H29N3O5S/c1-20(30)28(13-11-21-4-3-12-27-17-21)18-22-5-10-26-23(16-22)19-29(14-15-34-26)35(31,32)25-8-6-24(33-2)7-9-25/h3-10,12,16-17H,11,13-15,18-19H2,1-2H3. The van der Waals surface area contributed by atoms with Crippen molar-refractivity contribution in [2.24, 2.45) is 0 Å². The van der Waals surface area contributed by atoms with Gasteiger partial charge < -0.3 is 14.4 Å². The molecule has 0 saturated carbocycles. The third kappa shape index (κ3) is 5.98. The van der Waals surface area contributed by atoms with Gasteiger partial charge in [0.25, 0.3) is 0 Å². The summed E-state index contributed by atoms with van der Waals surface area (Å²) in [5.74, 6) is 1.23. The number of pyridine rings is 1. The summed E-state index contributed by atoms with van der Waals surface area (Å²) in [5.41, 5.74) is 2.75. The number of methoxy groups -OCH3 is 1. The van der Waals surface area contributed by atoms with Gasteiger partial charge in [0.1, 0.15) is 18.1 Å². The molecule has 8 nitrogen and oxygen atoms in total. The fraction of sp³-hybridized carbons (Fsp3) is 0.308. The molecule has 0 atom stereocenters. The van der Waals surface area contributed by atoms with Gasteiger partial charge in [-0.15, -0.1) is 0 Å². The van der Waals surface area contributed by atoms with Crippen LogP contribution in [0.25, 0.3) is 0 Å². The SMILES string of the molecule is COc1ccc(S(=O)(=O)N2CCOc3ccc(CN(CCc4cccnc4)C(C)=O)cc3C2)cc1. The Labute approximate surface area is 206 Å². The molecule has 2 heterocycles. The van der Waals surface area contributed by atoms with Crippen molar-refractivity contribution in [3.05, 3.63) is 83.7 Å². The van der Waals surface area contributed by atoms with Crippen LogP contribution < -0.4 is 9.47 Å². The van der Waals surface area contributed by atoms with Crippen LogP contribution in [0, 0.1) is 0 Å². The average Bonchev–Trinajstić information content (AvgIpc) is 3.09. The van der Waals surface area contributed by atoms with Crippen LogP contribution in [-0.4, -0.2) is 55.3 Å². The van der Waals surface area contributed by atoms with Crippen LogP contribution in [0.5, 0.6) is 11.5 Å². The van der Waals surface area contributed by atoms with Gasteiger partial charge in [-0.2, -0.15) is 4.31 Å². The van der Waals surface area contributed by atoms with Crippen molar-refractivity contribution in [2.45, 2.75) is 31.3 Å². The maximum absolute atomic E-state index is 13.3. The molecule has 0 N–H and O–H groups in total. The lowest BCUT2D eigenvalue weighted by Crippen LogP contribution is -2.32. The lowest BCUT2D eigenvalue weighted by molar-refractivity contribution is -0.129. The van der Waals surface area contributed by atoms with E-state index in [1.807, 2.05) is 30.3 Å². The Morgan fingerprint density at radius 3 is 2.63 bits per heavy atom. The Morgan fingerprint density at radius 1 is 1.14 bits per heavy atom. The number of amides is 1. The van der Waals surface area contributed by atoms with Gasteiger partial charge in [0.05, 0.1) is 12.0 Å². The molecule has 4 rings (SSSR count). The molecular weight excluding hydrogens is 466 g/mol. The molecule has 1 aliphatic rings. The summed E-state index contributed by atoms with van der Waals surface area (Å²) in [7, 11) is -2.18. The highest BCUT2D eigenvalue weighted by Crippen LogP contribution is 2.28. The fourth-order valence-electron chi connectivity index (χ4n) is 4.00. The number of ether oxygens (including phenoxy) is 2. The molecule has 3 aromatic rings. The number of sulfonamides is 1. The van der Waals surface area contributed by atoms with E-state index >= 15 is 0 Å². The molecule has 0 aliphatic carbocycles. The summed E-state index contributed by atoms with van der Waals surface area (Å²) in [5, 5.41) is 0. The van der Waals surface area contributed by atoms with E-state index in [2.05, 4.69) is 4.98 Å². The van der Waals surface area contributed by atoms with E-state index in [-0.39, 0.29) is 30.5 Å². The third-order valence-corrected chi connectivity index (χ3v) is 7.84. The number of hydrogen-bond acceptors (Lipinski definition) is 6. The van der Waals surface area contributed by atoms with Crippen LogP contribution in [0.3, 0.4) is 0 Å². The summed E-state index contributed by atoms with van der Waals surface area (Å²) >= 11 is 0. The monoisotopic (exact) mass is 495 g/mol. The molecule has 0 spiro atoms. The van der Waals surface area contributed by atoms with Gasteiger partial charge in [-0.05, 0) is 60.0 Å². The zero-order valence-electron chi connectivity index (χ0n) is 19.9. The Kier molecular flexibility index (Phi) is 7.67. The minimum Gasteiger partial charge on any atom is -0.497 e. The Morgan fingerprint density at radius 2 is 1.94 bits per heavy atom. The van der Waals surface area contributed by atoms with Crippen LogP contribution in [0.1, 0.15) is 23.6 Å². The van der Waals surface area contributed by atoms with Crippen LogP contribution in [0.4, 0.5) is 0 Å². The molecule has 2 aromatic carbocycles. The van der Waals surface area contributed by atoms with Gasteiger partial charge in [0.2, 0.25) is 15.9 Å². The highest BCUT2D eigenvalue weighted by atomic mass is 32.2. The zero-order chi connectivity index (χ0) is 24.8. The van der Waals surface area contributed by atoms with E-state index in [9.17, 15) is 13.2 Å². The predicted octanol–water partition coefficient (Wildman–Crippen LogP) is 3.26. The van der Waals surface area contributed by atoms with Crippen molar-refractivity contribution in [1.29, 1.82) is 0 Å². The summed E-state index contributed by atoms with van der Waals surface area (Å²) in [6, 6.07) is 15.9. The molecule has 35 heavy (non-hydrogen) atoms. The summed E-state index contributed by atoms with van der Waals surface area (Å²) in [6.45, 7) is 3.22. The van der Waals surface area contributed by atoms with Crippen molar-refractivity contribution in [3.63, 3.8) is 0 Å². The molecule has 0 saturated heterocycles. The second-order valence-electron chi connectivity index (χ2n) is 8.36. The highest BCUT2D eigenvalue weighted by molar-refractivity contribution is 7.89. The van der Waals surface area contributed by atoms with Crippen molar-refractivity contribution >= 4 is 15.9 Å². The van der Waals surface area contributed by atoms with Crippen LogP contribution in [0.15, 0.2) is 71.9 Å². The van der Waals surface area contributed by atoms with Crippen molar-refractivity contribution in [3.8, 4) is 11.5 Å². The zero-order valence-corrected chi connectivity index (χ0v) is 20.7. The maximum atomic E-state index is 13.3. The van der Waals surface area contributed by atoms with Gasteiger partial charge in [-0.1, -0.05) is 12.1 Å². The molecule has 1 aliphatic heterocycles. The first-order valence-electron chi connectivity index (χ1n) is 11.4. The number of benzene rings is 2. The number of fused-ring (bicyclic) bond motifs is 1. The molecule has 9 heteroatoms. The quantitative estimate of drug-likeness (QED) is 0.477. The Hall–Kier alpha value is -3.43.